The highest BCUT2D eigenvalue weighted by molar-refractivity contribution is 5.75. The van der Waals surface area contributed by atoms with Crippen molar-refractivity contribution in [3.05, 3.63) is 64.9 Å². The number of hydroxylamine groups is 1. The van der Waals surface area contributed by atoms with Gasteiger partial charge in [0, 0.05) is 11.6 Å². The lowest BCUT2D eigenvalue weighted by Crippen LogP contribution is -2.05. The molecule has 0 atom stereocenters. The molecular weight excluding hydrogens is 230 g/mol. The molecule has 0 aromatic heterocycles. The lowest BCUT2D eigenvalue weighted by Gasteiger charge is -2.06. The van der Waals surface area contributed by atoms with E-state index in [2.05, 4.69) is 0 Å². The summed E-state index contributed by atoms with van der Waals surface area (Å²) in [5.41, 5.74) is 1.26. The van der Waals surface area contributed by atoms with Crippen LogP contribution in [-0.2, 0) is 6.54 Å². The van der Waals surface area contributed by atoms with Gasteiger partial charge in [-0.15, -0.1) is 0 Å². The van der Waals surface area contributed by atoms with Crippen molar-refractivity contribution in [3.63, 3.8) is 0 Å². The van der Waals surface area contributed by atoms with Crippen molar-refractivity contribution in [1.29, 1.82) is 0 Å². The van der Waals surface area contributed by atoms with E-state index in [1.165, 1.54) is 24.4 Å². The first kappa shape index (κ1) is 12.0. The zero-order valence-corrected chi connectivity index (χ0v) is 9.65. The Morgan fingerprint density at radius 3 is 2.44 bits per heavy atom. The van der Waals surface area contributed by atoms with Crippen molar-refractivity contribution in [2.24, 2.45) is 0 Å². The number of aromatic hydroxyl groups is 2. The monoisotopic (exact) mass is 243 g/mol. The van der Waals surface area contributed by atoms with Crippen LogP contribution in [0.15, 0.2) is 48.5 Å². The van der Waals surface area contributed by atoms with E-state index in [0.717, 1.165) is 10.3 Å². The number of phenols is 2. The van der Waals surface area contributed by atoms with Gasteiger partial charge < -0.3 is 15.4 Å². The fourth-order valence-corrected chi connectivity index (χ4v) is 1.60. The Kier molecular flexibility index (Phi) is 3.48. The summed E-state index contributed by atoms with van der Waals surface area (Å²) in [4.78, 5) is 0. The van der Waals surface area contributed by atoms with E-state index >= 15 is 0 Å². The number of hydrogen-bond acceptors (Lipinski definition) is 3. The molecule has 0 saturated carbocycles. The Labute approximate surface area is 105 Å². The van der Waals surface area contributed by atoms with Gasteiger partial charge in [0.2, 0.25) is 0 Å². The molecule has 0 saturated heterocycles. The minimum atomic E-state index is -0.0858. The second-order valence-electron chi connectivity index (χ2n) is 3.93. The molecule has 0 fully saturated rings. The average molecular weight is 243 g/mol. The van der Waals surface area contributed by atoms with E-state index < -0.39 is 0 Å². The molecule has 0 aliphatic carbocycles. The van der Waals surface area contributed by atoms with Crippen LogP contribution in [-0.4, -0.2) is 21.2 Å². The third-order valence-corrected chi connectivity index (χ3v) is 2.49. The first-order valence-corrected chi connectivity index (χ1v) is 5.50. The van der Waals surface area contributed by atoms with E-state index in [1.807, 2.05) is 30.3 Å². The summed E-state index contributed by atoms with van der Waals surface area (Å²) in [6.07, 6.45) is 1.45. The van der Waals surface area contributed by atoms with Gasteiger partial charge in [0.25, 0.3) is 0 Å². The first-order valence-electron chi connectivity index (χ1n) is 5.50. The van der Waals surface area contributed by atoms with Crippen LogP contribution in [0.5, 0.6) is 11.5 Å². The van der Waals surface area contributed by atoms with Gasteiger partial charge >= 0.3 is 0 Å². The fourth-order valence-electron chi connectivity index (χ4n) is 1.60. The van der Waals surface area contributed by atoms with Crippen molar-refractivity contribution >= 4 is 6.21 Å². The summed E-state index contributed by atoms with van der Waals surface area (Å²) < 4.78 is 0.738. The summed E-state index contributed by atoms with van der Waals surface area (Å²) >= 11 is 0. The predicted octanol–water partition coefficient (Wildman–Crippen LogP) is 2.23. The van der Waals surface area contributed by atoms with Crippen LogP contribution in [0.25, 0.3) is 0 Å². The van der Waals surface area contributed by atoms with Gasteiger partial charge in [-0.25, -0.2) is 4.74 Å². The van der Waals surface area contributed by atoms with Gasteiger partial charge in [-0.1, -0.05) is 18.2 Å². The second-order valence-corrected chi connectivity index (χ2v) is 3.93. The average Bonchev–Trinajstić information content (AvgIpc) is 2.34. The highest BCUT2D eigenvalue weighted by Gasteiger charge is 2.06. The molecule has 2 aromatic carbocycles. The molecule has 0 aliphatic rings. The molecule has 0 spiro atoms. The van der Waals surface area contributed by atoms with Crippen LogP contribution in [0.4, 0.5) is 0 Å². The SMILES string of the molecule is [O-][N+](=Cc1ccccc1)Cc1ccc(O)cc1O. The van der Waals surface area contributed by atoms with Gasteiger partial charge in [-0.05, 0) is 24.3 Å². The molecule has 0 bridgehead atoms. The summed E-state index contributed by atoms with van der Waals surface area (Å²) in [6.45, 7) is 0.0288. The van der Waals surface area contributed by atoms with Crippen LogP contribution in [0, 0.1) is 5.21 Å². The number of benzene rings is 2. The van der Waals surface area contributed by atoms with Gasteiger partial charge in [0.05, 0.1) is 5.56 Å². The van der Waals surface area contributed by atoms with Crippen LogP contribution in [0.3, 0.4) is 0 Å². The summed E-state index contributed by atoms with van der Waals surface area (Å²) in [5.74, 6) is -0.113. The maximum Gasteiger partial charge on any atom is 0.182 e. The first-order chi connectivity index (χ1) is 8.65. The summed E-state index contributed by atoms with van der Waals surface area (Å²) in [7, 11) is 0. The van der Waals surface area contributed by atoms with E-state index in [-0.39, 0.29) is 18.0 Å². The van der Waals surface area contributed by atoms with Crippen molar-refractivity contribution in [1.82, 2.24) is 0 Å². The van der Waals surface area contributed by atoms with Crippen molar-refractivity contribution in [2.75, 3.05) is 0 Å². The lowest BCUT2D eigenvalue weighted by atomic mass is 10.2. The fraction of sp³-hybridized carbons (Fsp3) is 0.0714. The van der Waals surface area contributed by atoms with Gasteiger partial charge in [-0.2, -0.15) is 0 Å². The van der Waals surface area contributed by atoms with Gasteiger partial charge in [0.15, 0.2) is 12.8 Å². The third-order valence-electron chi connectivity index (χ3n) is 2.49. The van der Waals surface area contributed by atoms with E-state index in [1.54, 1.807) is 0 Å². The quantitative estimate of drug-likeness (QED) is 0.376. The standard InChI is InChI=1S/C14H13NO3/c16-13-7-6-12(14(17)8-13)10-15(18)9-11-4-2-1-3-5-11/h1-9,16-17H,10H2. The molecule has 2 rings (SSSR count). The van der Waals surface area contributed by atoms with Crippen LogP contribution in [0.2, 0.25) is 0 Å². The Balaban J connectivity index is 2.16. The minimum absolute atomic E-state index is 0.0271. The summed E-state index contributed by atoms with van der Waals surface area (Å²) in [5, 5.41) is 30.4. The molecule has 0 amide bonds. The molecule has 2 N–H and O–H groups in total. The Bertz CT molecular complexity index is 565. The predicted molar refractivity (Wildman–Crippen MR) is 68.7 cm³/mol. The molecule has 4 nitrogen and oxygen atoms in total. The molecular formula is C14H13NO3. The van der Waals surface area contributed by atoms with Gasteiger partial charge in [0.1, 0.15) is 11.5 Å². The van der Waals surface area contributed by atoms with E-state index in [0.29, 0.717) is 5.56 Å². The maximum atomic E-state index is 11.7. The van der Waals surface area contributed by atoms with Crippen molar-refractivity contribution in [2.45, 2.75) is 6.54 Å². The number of nitrogens with zero attached hydrogens (tertiary/aromatic N) is 1. The van der Waals surface area contributed by atoms with Gasteiger partial charge in [-0.3, -0.25) is 0 Å². The van der Waals surface area contributed by atoms with Crippen LogP contribution >= 0.6 is 0 Å². The summed E-state index contributed by atoms with van der Waals surface area (Å²) in [6, 6.07) is 13.4. The van der Waals surface area contributed by atoms with Crippen molar-refractivity contribution < 1.29 is 15.0 Å². The molecule has 0 aliphatic heterocycles. The van der Waals surface area contributed by atoms with E-state index in [9.17, 15) is 10.3 Å². The Morgan fingerprint density at radius 2 is 1.78 bits per heavy atom. The normalized spacial score (nSPS) is 11.4. The van der Waals surface area contributed by atoms with Crippen LogP contribution < -0.4 is 0 Å². The third kappa shape index (κ3) is 3.01. The molecule has 0 heterocycles. The zero-order valence-electron chi connectivity index (χ0n) is 9.65. The molecule has 4 heteroatoms. The zero-order chi connectivity index (χ0) is 13.0. The Hall–Kier alpha value is -2.49. The number of phenolic OH excluding ortho intramolecular Hbond substituents is 2. The molecule has 18 heavy (non-hydrogen) atoms. The number of hydrogen-bond donors (Lipinski definition) is 2. The van der Waals surface area contributed by atoms with Crippen molar-refractivity contribution in [3.8, 4) is 11.5 Å². The van der Waals surface area contributed by atoms with Crippen LogP contribution in [0.1, 0.15) is 11.1 Å². The molecule has 0 radical (unpaired) electrons. The Morgan fingerprint density at radius 1 is 1.06 bits per heavy atom. The highest BCUT2D eigenvalue weighted by atomic mass is 16.5. The topological polar surface area (TPSA) is 66.5 Å². The van der Waals surface area contributed by atoms with E-state index in [4.69, 9.17) is 5.11 Å². The largest absolute Gasteiger partial charge is 0.624 e. The molecule has 2 aromatic rings. The smallest absolute Gasteiger partial charge is 0.182 e. The highest BCUT2D eigenvalue weighted by Crippen LogP contribution is 2.22. The second kappa shape index (κ2) is 5.23. The number of rotatable bonds is 3. The molecule has 92 valence electrons. The molecule has 0 unspecified atom stereocenters. The lowest BCUT2D eigenvalue weighted by molar-refractivity contribution is -0.469. The maximum absolute atomic E-state index is 11.7. The minimum Gasteiger partial charge on any atom is -0.624 e.